The third-order valence-corrected chi connectivity index (χ3v) is 9.05. The van der Waals surface area contributed by atoms with Crippen molar-refractivity contribution in [2.24, 2.45) is 0 Å². The molecule has 4 aromatic rings. The summed E-state index contributed by atoms with van der Waals surface area (Å²) in [6.07, 6.45) is 0.230. The smallest absolute Gasteiger partial charge is 0.264 e. The fourth-order valence-corrected chi connectivity index (χ4v) is 6.21. The molecule has 0 aromatic heterocycles. The van der Waals surface area contributed by atoms with E-state index >= 15 is 0 Å². The van der Waals surface area contributed by atoms with Gasteiger partial charge in [0, 0.05) is 30.1 Å². The van der Waals surface area contributed by atoms with Crippen LogP contribution in [-0.4, -0.2) is 44.8 Å². The summed E-state index contributed by atoms with van der Waals surface area (Å²) in [7, 11) is -2.69. The van der Waals surface area contributed by atoms with Crippen molar-refractivity contribution in [3.63, 3.8) is 0 Å². The van der Waals surface area contributed by atoms with Gasteiger partial charge in [0.2, 0.25) is 11.8 Å². The first-order chi connectivity index (χ1) is 20.1. The Bertz CT molecular complexity index is 1630. The minimum atomic E-state index is -4.20. The third kappa shape index (κ3) is 7.70. The lowest BCUT2D eigenvalue weighted by atomic mass is 10.0. The van der Waals surface area contributed by atoms with Gasteiger partial charge in [0.15, 0.2) is 0 Å². The summed E-state index contributed by atoms with van der Waals surface area (Å²) in [5, 5.41) is 3.59. The molecular weight excluding hydrogens is 593 g/mol. The number of amides is 2. The van der Waals surface area contributed by atoms with Crippen molar-refractivity contribution in [2.75, 3.05) is 17.9 Å². The SMILES string of the molecule is CNC(=O)[C@H](Cc1ccccc1)N(Cc1ccc(Cl)cc1)C(=O)CN(c1cccc(C)c1)S(=O)(=O)c1ccc(Cl)cc1. The van der Waals surface area contributed by atoms with Gasteiger partial charge >= 0.3 is 0 Å². The van der Waals surface area contributed by atoms with Gasteiger partial charge in [-0.25, -0.2) is 8.42 Å². The largest absolute Gasteiger partial charge is 0.357 e. The zero-order chi connectivity index (χ0) is 30.3. The Kier molecular flexibility index (Phi) is 10.3. The number of hydrogen-bond donors (Lipinski definition) is 1. The highest BCUT2D eigenvalue weighted by molar-refractivity contribution is 7.92. The van der Waals surface area contributed by atoms with Crippen molar-refractivity contribution in [1.82, 2.24) is 10.2 Å². The van der Waals surface area contributed by atoms with Crippen molar-refractivity contribution in [3.05, 3.63) is 130 Å². The molecule has 0 spiro atoms. The van der Waals surface area contributed by atoms with Gasteiger partial charge in [-0.1, -0.05) is 77.8 Å². The second-order valence-electron chi connectivity index (χ2n) is 9.77. The molecule has 0 radical (unpaired) electrons. The number of rotatable bonds is 11. The quantitative estimate of drug-likeness (QED) is 0.226. The van der Waals surface area contributed by atoms with Crippen LogP contribution in [0, 0.1) is 6.92 Å². The number of hydrogen-bond acceptors (Lipinski definition) is 4. The second-order valence-corrected chi connectivity index (χ2v) is 12.5. The average molecular weight is 625 g/mol. The lowest BCUT2D eigenvalue weighted by Crippen LogP contribution is -2.53. The van der Waals surface area contributed by atoms with E-state index in [2.05, 4.69) is 5.32 Å². The Morgan fingerprint density at radius 2 is 1.43 bits per heavy atom. The van der Waals surface area contributed by atoms with Crippen LogP contribution in [0.2, 0.25) is 10.0 Å². The highest BCUT2D eigenvalue weighted by atomic mass is 35.5. The van der Waals surface area contributed by atoms with Crippen LogP contribution >= 0.6 is 23.2 Å². The van der Waals surface area contributed by atoms with Crippen LogP contribution in [0.25, 0.3) is 0 Å². The molecule has 10 heteroatoms. The van der Waals surface area contributed by atoms with E-state index in [1.165, 1.54) is 36.2 Å². The Morgan fingerprint density at radius 3 is 2.02 bits per heavy atom. The van der Waals surface area contributed by atoms with Crippen LogP contribution in [0.5, 0.6) is 0 Å². The first-order valence-corrected chi connectivity index (χ1v) is 15.4. The Hall–Kier alpha value is -3.85. The fourth-order valence-electron chi connectivity index (χ4n) is 4.55. The standard InChI is InChI=1S/C32H31Cl2N3O4S/c1-23-7-6-10-28(19-23)37(42(40,41)29-17-15-27(34)16-18-29)22-31(38)36(21-25-11-13-26(33)14-12-25)30(32(39)35-2)20-24-8-4-3-5-9-24/h3-19,30H,20-22H2,1-2H3,(H,35,39)/t30-/m0/s1. The van der Waals surface area contributed by atoms with E-state index in [4.69, 9.17) is 23.2 Å². The normalized spacial score (nSPS) is 11.9. The van der Waals surface area contributed by atoms with Gasteiger partial charge in [-0.15, -0.1) is 0 Å². The molecule has 0 fully saturated rings. The van der Waals surface area contributed by atoms with E-state index in [-0.39, 0.29) is 23.8 Å². The van der Waals surface area contributed by atoms with Gasteiger partial charge in [-0.05, 0) is 72.1 Å². The summed E-state index contributed by atoms with van der Waals surface area (Å²) in [4.78, 5) is 29.0. The van der Waals surface area contributed by atoms with Crippen molar-refractivity contribution >= 4 is 50.7 Å². The summed E-state index contributed by atoms with van der Waals surface area (Å²) in [6.45, 7) is 1.36. The van der Waals surface area contributed by atoms with E-state index in [1.54, 1.807) is 42.5 Å². The number of benzene rings is 4. The third-order valence-electron chi connectivity index (χ3n) is 6.75. The number of nitrogens with zero attached hydrogens (tertiary/aromatic N) is 2. The maximum atomic E-state index is 14.3. The molecule has 0 aliphatic heterocycles. The first-order valence-electron chi connectivity index (χ1n) is 13.2. The number of nitrogens with one attached hydrogen (secondary N) is 1. The van der Waals surface area contributed by atoms with Gasteiger partial charge < -0.3 is 10.2 Å². The van der Waals surface area contributed by atoms with Crippen LogP contribution in [0.4, 0.5) is 5.69 Å². The van der Waals surface area contributed by atoms with Gasteiger partial charge in [0.05, 0.1) is 10.6 Å². The Labute approximate surface area is 256 Å². The van der Waals surface area contributed by atoms with Crippen LogP contribution in [0.3, 0.4) is 0 Å². The molecule has 0 saturated heterocycles. The molecule has 218 valence electrons. The highest BCUT2D eigenvalue weighted by Crippen LogP contribution is 2.27. The van der Waals surface area contributed by atoms with E-state index in [9.17, 15) is 18.0 Å². The molecule has 4 aromatic carbocycles. The molecule has 0 bridgehead atoms. The molecule has 1 atom stereocenters. The topological polar surface area (TPSA) is 86.8 Å². The molecule has 0 heterocycles. The second kappa shape index (κ2) is 13.9. The zero-order valence-electron chi connectivity index (χ0n) is 23.2. The lowest BCUT2D eigenvalue weighted by molar-refractivity contribution is -0.139. The number of carbonyl (C=O) groups is 2. The highest BCUT2D eigenvalue weighted by Gasteiger charge is 2.34. The summed E-state index contributed by atoms with van der Waals surface area (Å²) >= 11 is 12.1. The predicted molar refractivity (Wildman–Crippen MR) is 167 cm³/mol. The molecule has 42 heavy (non-hydrogen) atoms. The van der Waals surface area contributed by atoms with Gasteiger partial charge in [0.25, 0.3) is 10.0 Å². The molecule has 1 N–H and O–H groups in total. The molecule has 0 aliphatic rings. The van der Waals surface area contributed by atoms with Gasteiger partial charge in [-0.2, -0.15) is 0 Å². The first kappa shape index (κ1) is 31.1. The maximum Gasteiger partial charge on any atom is 0.264 e. The molecule has 2 amide bonds. The van der Waals surface area contributed by atoms with E-state index < -0.39 is 28.5 Å². The van der Waals surface area contributed by atoms with Crippen LogP contribution in [0.1, 0.15) is 16.7 Å². The van der Waals surface area contributed by atoms with Crippen molar-refractivity contribution in [1.29, 1.82) is 0 Å². The molecule has 4 rings (SSSR count). The summed E-state index contributed by atoms with van der Waals surface area (Å²) in [5.41, 5.74) is 2.73. The summed E-state index contributed by atoms with van der Waals surface area (Å²) in [6, 6.07) is 28.1. The molecule has 0 saturated carbocycles. The number of halogens is 2. The minimum Gasteiger partial charge on any atom is -0.357 e. The summed E-state index contributed by atoms with van der Waals surface area (Å²) < 4.78 is 29.0. The maximum absolute atomic E-state index is 14.3. The number of anilines is 1. The average Bonchev–Trinajstić information content (AvgIpc) is 2.98. The number of aryl methyl sites for hydroxylation is 1. The Balaban J connectivity index is 1.78. The van der Waals surface area contributed by atoms with Crippen molar-refractivity contribution in [3.8, 4) is 0 Å². The lowest BCUT2D eigenvalue weighted by Gasteiger charge is -2.33. The van der Waals surface area contributed by atoms with Crippen LogP contribution < -0.4 is 9.62 Å². The molecule has 7 nitrogen and oxygen atoms in total. The number of likely N-dealkylation sites (N-methyl/N-ethyl adjacent to an activating group) is 1. The van der Waals surface area contributed by atoms with Crippen LogP contribution in [-0.2, 0) is 32.6 Å². The van der Waals surface area contributed by atoms with E-state index in [0.29, 0.717) is 15.7 Å². The fraction of sp³-hybridized carbons (Fsp3) is 0.188. The molecule has 0 aliphatic carbocycles. The number of carbonyl (C=O) groups excluding carboxylic acids is 2. The molecule has 0 unspecified atom stereocenters. The van der Waals surface area contributed by atoms with Gasteiger partial charge in [-0.3, -0.25) is 13.9 Å². The number of sulfonamides is 1. The monoisotopic (exact) mass is 623 g/mol. The van der Waals surface area contributed by atoms with E-state index in [1.807, 2.05) is 43.3 Å². The Morgan fingerprint density at radius 1 is 0.810 bits per heavy atom. The zero-order valence-corrected chi connectivity index (χ0v) is 25.5. The van der Waals surface area contributed by atoms with Crippen molar-refractivity contribution in [2.45, 2.75) is 30.8 Å². The van der Waals surface area contributed by atoms with Crippen molar-refractivity contribution < 1.29 is 18.0 Å². The molecular formula is C32H31Cl2N3O4S. The predicted octanol–water partition coefficient (Wildman–Crippen LogP) is 5.88. The van der Waals surface area contributed by atoms with Gasteiger partial charge in [0.1, 0.15) is 12.6 Å². The summed E-state index contributed by atoms with van der Waals surface area (Å²) in [5.74, 6) is -0.919. The van der Waals surface area contributed by atoms with Crippen LogP contribution in [0.15, 0.2) is 108 Å². The van der Waals surface area contributed by atoms with E-state index in [0.717, 1.165) is 21.0 Å². The minimum absolute atomic E-state index is 0.0161.